The second-order valence-corrected chi connectivity index (χ2v) is 6.31. The number of sulfonamides is 1. The molecule has 0 bridgehead atoms. The van der Waals surface area contributed by atoms with Gasteiger partial charge in [-0.15, -0.1) is 0 Å². The molecule has 0 atom stereocenters. The van der Waals surface area contributed by atoms with Crippen molar-refractivity contribution < 1.29 is 22.4 Å². The van der Waals surface area contributed by atoms with Crippen molar-refractivity contribution in [3.8, 4) is 0 Å². The third-order valence-corrected chi connectivity index (χ3v) is 3.49. The standard InChI is InChI=1S/C13H15NO5S/c1-7-5-11-9(6-10(7)14-20(4,16)17)12(8(2)19-11)13(15)18-3/h5-6,14H,1-4H3. The van der Waals surface area contributed by atoms with Gasteiger partial charge < -0.3 is 9.15 Å². The number of benzene rings is 1. The Kier molecular flexibility index (Phi) is 3.47. The van der Waals surface area contributed by atoms with Crippen LogP contribution < -0.4 is 4.72 Å². The van der Waals surface area contributed by atoms with E-state index in [1.54, 1.807) is 26.0 Å². The highest BCUT2D eigenvalue weighted by Crippen LogP contribution is 2.31. The van der Waals surface area contributed by atoms with Crippen molar-refractivity contribution in [1.29, 1.82) is 0 Å². The highest BCUT2D eigenvalue weighted by atomic mass is 32.2. The zero-order valence-corrected chi connectivity index (χ0v) is 12.4. The van der Waals surface area contributed by atoms with Crippen LogP contribution in [-0.4, -0.2) is 27.8 Å². The molecule has 0 fully saturated rings. The van der Waals surface area contributed by atoms with Gasteiger partial charge in [-0.1, -0.05) is 0 Å². The number of nitrogens with one attached hydrogen (secondary N) is 1. The smallest absolute Gasteiger partial charge is 0.342 e. The minimum Gasteiger partial charge on any atom is -0.465 e. The summed E-state index contributed by atoms with van der Waals surface area (Å²) in [5, 5.41) is 0.520. The van der Waals surface area contributed by atoms with Gasteiger partial charge in [0, 0.05) is 5.39 Å². The predicted octanol–water partition coefficient (Wildman–Crippen LogP) is 2.21. The molecule has 1 aromatic carbocycles. The molecule has 0 radical (unpaired) electrons. The molecule has 1 N–H and O–H groups in total. The van der Waals surface area contributed by atoms with E-state index in [0.717, 1.165) is 6.26 Å². The number of carbonyl (C=O) groups is 1. The van der Waals surface area contributed by atoms with Gasteiger partial charge >= 0.3 is 5.97 Å². The van der Waals surface area contributed by atoms with E-state index < -0.39 is 16.0 Å². The monoisotopic (exact) mass is 297 g/mol. The maximum Gasteiger partial charge on any atom is 0.342 e. The quantitative estimate of drug-likeness (QED) is 0.878. The van der Waals surface area contributed by atoms with Crippen LogP contribution in [0.5, 0.6) is 0 Å². The van der Waals surface area contributed by atoms with Crippen molar-refractivity contribution in [2.75, 3.05) is 18.1 Å². The molecule has 0 amide bonds. The largest absolute Gasteiger partial charge is 0.465 e. The van der Waals surface area contributed by atoms with E-state index in [9.17, 15) is 13.2 Å². The van der Waals surface area contributed by atoms with Crippen molar-refractivity contribution in [2.24, 2.45) is 0 Å². The van der Waals surface area contributed by atoms with Crippen molar-refractivity contribution in [2.45, 2.75) is 13.8 Å². The number of anilines is 1. The summed E-state index contributed by atoms with van der Waals surface area (Å²) in [4.78, 5) is 11.8. The molecule has 1 heterocycles. The Balaban J connectivity index is 2.70. The molecule has 0 aliphatic heterocycles. The normalized spacial score (nSPS) is 11.6. The summed E-state index contributed by atoms with van der Waals surface area (Å²) < 4.78 is 35.3. The summed E-state index contributed by atoms with van der Waals surface area (Å²) in [5.41, 5.74) is 1.93. The van der Waals surface area contributed by atoms with Crippen molar-refractivity contribution in [3.63, 3.8) is 0 Å². The van der Waals surface area contributed by atoms with Crippen LogP contribution in [0.2, 0.25) is 0 Å². The van der Waals surface area contributed by atoms with E-state index in [1.807, 2.05) is 0 Å². The molecule has 20 heavy (non-hydrogen) atoms. The summed E-state index contributed by atoms with van der Waals surface area (Å²) >= 11 is 0. The van der Waals surface area contributed by atoms with Gasteiger partial charge in [0.1, 0.15) is 16.9 Å². The molecule has 0 saturated heterocycles. The molecule has 0 saturated carbocycles. The number of hydrogen-bond donors (Lipinski definition) is 1. The highest BCUT2D eigenvalue weighted by molar-refractivity contribution is 7.92. The van der Waals surface area contributed by atoms with Crippen LogP contribution in [0.25, 0.3) is 11.0 Å². The maximum absolute atomic E-state index is 11.8. The van der Waals surface area contributed by atoms with Crippen LogP contribution in [0.4, 0.5) is 5.69 Å². The molecule has 6 nitrogen and oxygen atoms in total. The molecular weight excluding hydrogens is 282 g/mol. The first-order chi connectivity index (χ1) is 9.23. The summed E-state index contributed by atoms with van der Waals surface area (Å²) in [5.74, 6) is -0.0850. The van der Waals surface area contributed by atoms with E-state index in [1.165, 1.54) is 7.11 Å². The number of furan rings is 1. The summed E-state index contributed by atoms with van der Waals surface area (Å²) in [6, 6.07) is 3.26. The molecule has 2 aromatic rings. The number of ether oxygens (including phenoxy) is 1. The summed E-state index contributed by atoms with van der Waals surface area (Å²) in [6.45, 7) is 3.41. The number of hydrogen-bond acceptors (Lipinski definition) is 5. The first-order valence-corrected chi connectivity index (χ1v) is 7.72. The lowest BCUT2D eigenvalue weighted by atomic mass is 10.1. The Labute approximate surface area is 116 Å². The lowest BCUT2D eigenvalue weighted by Crippen LogP contribution is -2.10. The van der Waals surface area contributed by atoms with Gasteiger partial charge in [-0.05, 0) is 31.5 Å². The number of methoxy groups -OCH3 is 1. The van der Waals surface area contributed by atoms with Crippen molar-refractivity contribution in [1.82, 2.24) is 0 Å². The molecule has 108 valence electrons. The fourth-order valence-corrected chi connectivity index (χ4v) is 2.65. The first kappa shape index (κ1) is 14.4. The third-order valence-electron chi connectivity index (χ3n) is 2.90. The number of aryl methyl sites for hydroxylation is 2. The van der Waals surface area contributed by atoms with Gasteiger partial charge in [0.2, 0.25) is 10.0 Å². The van der Waals surface area contributed by atoms with Crippen LogP contribution in [0.3, 0.4) is 0 Å². The minimum atomic E-state index is -3.40. The van der Waals surface area contributed by atoms with Crippen LogP contribution in [0, 0.1) is 13.8 Å². The average molecular weight is 297 g/mol. The fourth-order valence-electron chi connectivity index (χ4n) is 2.03. The molecule has 1 aromatic heterocycles. The second-order valence-electron chi connectivity index (χ2n) is 4.56. The van der Waals surface area contributed by atoms with E-state index in [4.69, 9.17) is 9.15 Å². The Morgan fingerprint density at radius 2 is 1.95 bits per heavy atom. The van der Waals surface area contributed by atoms with Gasteiger partial charge in [-0.2, -0.15) is 0 Å². The summed E-state index contributed by atoms with van der Waals surface area (Å²) in [6.07, 6.45) is 1.07. The molecule has 7 heteroatoms. The van der Waals surface area contributed by atoms with Gasteiger partial charge in [0.25, 0.3) is 0 Å². The fraction of sp³-hybridized carbons (Fsp3) is 0.308. The predicted molar refractivity (Wildman–Crippen MR) is 75.5 cm³/mol. The lowest BCUT2D eigenvalue weighted by molar-refractivity contribution is 0.0600. The van der Waals surface area contributed by atoms with Crippen LogP contribution in [-0.2, 0) is 14.8 Å². The van der Waals surface area contributed by atoms with Gasteiger partial charge in [0.15, 0.2) is 0 Å². The molecule has 0 unspecified atom stereocenters. The second kappa shape index (κ2) is 4.82. The molecule has 0 aliphatic carbocycles. The van der Waals surface area contributed by atoms with Crippen LogP contribution in [0.15, 0.2) is 16.5 Å². The number of esters is 1. The lowest BCUT2D eigenvalue weighted by Gasteiger charge is -2.07. The zero-order chi connectivity index (χ0) is 15.1. The highest BCUT2D eigenvalue weighted by Gasteiger charge is 2.20. The number of fused-ring (bicyclic) bond motifs is 1. The third kappa shape index (κ3) is 2.62. The van der Waals surface area contributed by atoms with E-state index in [-0.39, 0.29) is 0 Å². The van der Waals surface area contributed by atoms with E-state index in [0.29, 0.717) is 33.5 Å². The zero-order valence-electron chi connectivity index (χ0n) is 11.6. The van der Waals surface area contributed by atoms with Crippen LogP contribution in [0.1, 0.15) is 21.7 Å². The maximum atomic E-state index is 11.8. The molecule has 0 spiro atoms. The Hall–Kier alpha value is -2.02. The average Bonchev–Trinajstić information content (AvgIpc) is 2.62. The molecule has 0 aliphatic rings. The topological polar surface area (TPSA) is 85.6 Å². The SMILES string of the molecule is COC(=O)c1c(C)oc2cc(C)c(NS(C)(=O)=O)cc12. The van der Waals surface area contributed by atoms with Gasteiger partial charge in [-0.25, -0.2) is 13.2 Å². The Bertz CT molecular complexity index is 789. The van der Waals surface area contributed by atoms with Crippen molar-refractivity contribution >= 4 is 32.6 Å². The van der Waals surface area contributed by atoms with Crippen LogP contribution >= 0.6 is 0 Å². The van der Waals surface area contributed by atoms with Gasteiger partial charge in [0.05, 0.1) is 19.1 Å². The Morgan fingerprint density at radius 3 is 2.50 bits per heavy atom. The summed E-state index contributed by atoms with van der Waals surface area (Å²) in [7, 11) is -2.11. The van der Waals surface area contributed by atoms with E-state index >= 15 is 0 Å². The number of rotatable bonds is 3. The minimum absolute atomic E-state index is 0.305. The molecule has 2 rings (SSSR count). The first-order valence-electron chi connectivity index (χ1n) is 5.83. The van der Waals surface area contributed by atoms with Gasteiger partial charge in [-0.3, -0.25) is 4.72 Å². The Morgan fingerprint density at radius 1 is 1.30 bits per heavy atom. The number of carbonyl (C=O) groups excluding carboxylic acids is 1. The molecular formula is C13H15NO5S. The van der Waals surface area contributed by atoms with Crippen molar-refractivity contribution in [3.05, 3.63) is 29.0 Å². The van der Waals surface area contributed by atoms with E-state index in [2.05, 4.69) is 4.72 Å².